The Balaban J connectivity index is 1.81. The minimum absolute atomic E-state index is 0.0994. The van der Waals surface area contributed by atoms with E-state index < -0.39 is 0 Å². The van der Waals surface area contributed by atoms with E-state index in [2.05, 4.69) is 10.2 Å². The summed E-state index contributed by atoms with van der Waals surface area (Å²) in [6.45, 7) is 6.32. The molecule has 0 spiro atoms. The Morgan fingerprint density at radius 2 is 2.00 bits per heavy atom. The van der Waals surface area contributed by atoms with E-state index in [0.717, 1.165) is 32.8 Å². The fourth-order valence-corrected chi connectivity index (χ4v) is 3.03. The van der Waals surface area contributed by atoms with Gasteiger partial charge in [0.05, 0.1) is 28.9 Å². The number of anilines is 1. The molecule has 2 amide bonds. The van der Waals surface area contributed by atoms with E-state index in [1.807, 2.05) is 0 Å². The minimum Gasteiger partial charge on any atom is -0.379 e. The molecule has 1 aromatic carbocycles. The first-order valence-corrected chi connectivity index (χ1v) is 9.03. The van der Waals surface area contributed by atoms with Crippen molar-refractivity contribution >= 4 is 40.7 Å². The first-order chi connectivity index (χ1) is 12.0. The number of carbonyl (C=O) groups excluding carboxylic acids is 2. The highest BCUT2D eigenvalue weighted by atomic mass is 35.5. The highest BCUT2D eigenvalue weighted by Crippen LogP contribution is 2.32. The second-order valence-corrected chi connectivity index (χ2v) is 6.58. The fourth-order valence-electron chi connectivity index (χ4n) is 2.63. The summed E-state index contributed by atoms with van der Waals surface area (Å²) in [5.41, 5.74) is 0.516. The normalized spacial score (nSPS) is 15.0. The number of nitrogens with one attached hydrogen (secondary N) is 1. The minimum atomic E-state index is -0.190. The number of halogens is 2. The Morgan fingerprint density at radius 3 is 2.68 bits per heavy atom. The molecule has 1 aliphatic heterocycles. The van der Waals surface area contributed by atoms with Crippen molar-refractivity contribution in [3.05, 3.63) is 28.2 Å². The van der Waals surface area contributed by atoms with Crippen molar-refractivity contribution in [3.8, 4) is 0 Å². The Morgan fingerprint density at radius 1 is 1.28 bits per heavy atom. The van der Waals surface area contributed by atoms with Crippen LogP contribution in [0.2, 0.25) is 10.0 Å². The quantitative estimate of drug-likeness (QED) is 0.778. The summed E-state index contributed by atoms with van der Waals surface area (Å²) in [5, 5.41) is 3.57. The van der Waals surface area contributed by atoms with Gasteiger partial charge in [0.1, 0.15) is 0 Å². The molecule has 1 N–H and O–H groups in total. The van der Waals surface area contributed by atoms with Crippen LogP contribution >= 0.6 is 23.2 Å². The highest BCUT2D eigenvalue weighted by molar-refractivity contribution is 6.44. The van der Waals surface area contributed by atoms with Gasteiger partial charge in [0.15, 0.2) is 0 Å². The van der Waals surface area contributed by atoms with Gasteiger partial charge in [-0.3, -0.25) is 14.5 Å². The molecular formula is C17H23Cl2N3O3. The van der Waals surface area contributed by atoms with Crippen molar-refractivity contribution in [1.82, 2.24) is 10.2 Å². The average molecular weight is 388 g/mol. The van der Waals surface area contributed by atoms with Crippen molar-refractivity contribution in [2.75, 3.05) is 50.8 Å². The van der Waals surface area contributed by atoms with Crippen LogP contribution in [-0.4, -0.2) is 62.7 Å². The summed E-state index contributed by atoms with van der Waals surface area (Å²) >= 11 is 12.2. The molecule has 0 bridgehead atoms. The number of hydrogen-bond donors (Lipinski definition) is 1. The lowest BCUT2D eigenvalue weighted by atomic mass is 10.2. The van der Waals surface area contributed by atoms with Crippen molar-refractivity contribution in [2.45, 2.75) is 13.3 Å². The summed E-state index contributed by atoms with van der Waals surface area (Å²) in [5.74, 6) is -0.289. The van der Waals surface area contributed by atoms with E-state index in [1.54, 1.807) is 18.2 Å². The third-order valence-electron chi connectivity index (χ3n) is 4.02. The molecular weight excluding hydrogens is 365 g/mol. The SMILES string of the molecule is CC(=O)N(CCC(=O)NCCN1CCOCC1)c1cccc(Cl)c1Cl. The fraction of sp³-hybridized carbons (Fsp3) is 0.529. The molecule has 2 rings (SSSR count). The number of amides is 2. The first kappa shape index (κ1) is 20.0. The Labute approximate surface area is 158 Å². The summed E-state index contributed by atoms with van der Waals surface area (Å²) in [6.07, 6.45) is 0.200. The van der Waals surface area contributed by atoms with Gasteiger partial charge in [-0.1, -0.05) is 29.3 Å². The van der Waals surface area contributed by atoms with E-state index in [-0.39, 0.29) is 24.8 Å². The van der Waals surface area contributed by atoms with Crippen molar-refractivity contribution in [3.63, 3.8) is 0 Å². The zero-order valence-electron chi connectivity index (χ0n) is 14.3. The number of hydrogen-bond acceptors (Lipinski definition) is 4. The Hall–Kier alpha value is -1.34. The second kappa shape index (κ2) is 9.97. The lowest BCUT2D eigenvalue weighted by molar-refractivity contribution is -0.121. The number of carbonyl (C=O) groups is 2. The van der Waals surface area contributed by atoms with Crippen LogP contribution in [0.5, 0.6) is 0 Å². The molecule has 8 heteroatoms. The molecule has 0 atom stereocenters. The van der Waals surface area contributed by atoms with Crippen LogP contribution in [0.4, 0.5) is 5.69 Å². The predicted molar refractivity (Wildman–Crippen MR) is 99.4 cm³/mol. The van der Waals surface area contributed by atoms with Gasteiger partial charge in [-0.2, -0.15) is 0 Å². The van der Waals surface area contributed by atoms with Gasteiger partial charge in [0, 0.05) is 46.1 Å². The van der Waals surface area contributed by atoms with Crippen LogP contribution in [0.1, 0.15) is 13.3 Å². The number of rotatable bonds is 7. The molecule has 1 aliphatic rings. The van der Waals surface area contributed by atoms with Crippen LogP contribution in [0.3, 0.4) is 0 Å². The van der Waals surface area contributed by atoms with Gasteiger partial charge < -0.3 is 15.0 Å². The maximum atomic E-state index is 12.0. The van der Waals surface area contributed by atoms with Crippen LogP contribution in [0.25, 0.3) is 0 Å². The molecule has 1 aromatic rings. The molecule has 138 valence electrons. The van der Waals surface area contributed by atoms with Gasteiger partial charge >= 0.3 is 0 Å². The molecule has 6 nitrogen and oxygen atoms in total. The smallest absolute Gasteiger partial charge is 0.223 e. The molecule has 1 saturated heterocycles. The van der Waals surface area contributed by atoms with E-state index >= 15 is 0 Å². The van der Waals surface area contributed by atoms with E-state index in [0.29, 0.717) is 22.3 Å². The molecule has 0 aliphatic carbocycles. The zero-order chi connectivity index (χ0) is 18.2. The van der Waals surface area contributed by atoms with Gasteiger partial charge in [-0.25, -0.2) is 0 Å². The molecule has 0 aromatic heterocycles. The van der Waals surface area contributed by atoms with Crippen molar-refractivity contribution in [2.24, 2.45) is 0 Å². The Bertz CT molecular complexity index is 607. The first-order valence-electron chi connectivity index (χ1n) is 8.28. The third-order valence-corrected chi connectivity index (χ3v) is 4.83. The molecule has 1 heterocycles. The van der Waals surface area contributed by atoms with E-state index in [1.165, 1.54) is 11.8 Å². The van der Waals surface area contributed by atoms with Gasteiger partial charge in [0.2, 0.25) is 11.8 Å². The lowest BCUT2D eigenvalue weighted by Gasteiger charge is -2.26. The van der Waals surface area contributed by atoms with Gasteiger partial charge in [0.25, 0.3) is 0 Å². The topological polar surface area (TPSA) is 61.9 Å². The molecule has 0 saturated carbocycles. The number of benzene rings is 1. The summed E-state index contributed by atoms with van der Waals surface area (Å²) in [4.78, 5) is 27.7. The number of ether oxygens (including phenoxy) is 1. The van der Waals surface area contributed by atoms with Crippen molar-refractivity contribution in [1.29, 1.82) is 0 Å². The van der Waals surface area contributed by atoms with E-state index in [4.69, 9.17) is 27.9 Å². The van der Waals surface area contributed by atoms with Crippen LogP contribution in [0, 0.1) is 0 Å². The molecule has 0 radical (unpaired) electrons. The standard InChI is InChI=1S/C17H23Cl2N3O3/c1-13(23)22(15-4-2-3-14(18)17(15)19)7-5-16(24)20-6-8-21-9-11-25-12-10-21/h2-4H,5-12H2,1H3,(H,20,24). The monoisotopic (exact) mass is 387 g/mol. The maximum Gasteiger partial charge on any atom is 0.223 e. The largest absolute Gasteiger partial charge is 0.379 e. The van der Waals surface area contributed by atoms with Gasteiger partial charge in [-0.15, -0.1) is 0 Å². The molecule has 25 heavy (non-hydrogen) atoms. The Kier molecular flexibility index (Phi) is 7.96. The van der Waals surface area contributed by atoms with Gasteiger partial charge in [-0.05, 0) is 12.1 Å². The van der Waals surface area contributed by atoms with Crippen LogP contribution < -0.4 is 10.2 Å². The third kappa shape index (κ3) is 6.15. The maximum absolute atomic E-state index is 12.0. The summed E-state index contributed by atoms with van der Waals surface area (Å²) in [6, 6.07) is 5.10. The molecule has 1 fully saturated rings. The second-order valence-electron chi connectivity index (χ2n) is 5.80. The summed E-state index contributed by atoms with van der Waals surface area (Å²) in [7, 11) is 0. The van der Waals surface area contributed by atoms with E-state index in [9.17, 15) is 9.59 Å². The van der Waals surface area contributed by atoms with Crippen molar-refractivity contribution < 1.29 is 14.3 Å². The van der Waals surface area contributed by atoms with Crippen LogP contribution in [-0.2, 0) is 14.3 Å². The zero-order valence-corrected chi connectivity index (χ0v) is 15.8. The number of nitrogens with zero attached hydrogens (tertiary/aromatic N) is 2. The average Bonchev–Trinajstić information content (AvgIpc) is 2.59. The summed E-state index contributed by atoms with van der Waals surface area (Å²) < 4.78 is 5.29. The molecule has 0 unspecified atom stereocenters. The van der Waals surface area contributed by atoms with Crippen LogP contribution in [0.15, 0.2) is 18.2 Å². The lowest BCUT2D eigenvalue weighted by Crippen LogP contribution is -2.42. The predicted octanol–water partition coefficient (Wildman–Crippen LogP) is 2.18. The number of morpholine rings is 1. The highest BCUT2D eigenvalue weighted by Gasteiger charge is 2.17.